The minimum absolute atomic E-state index is 0.0847. The fraction of sp³-hybridized carbons (Fsp3) is 0.111. The Bertz CT molecular complexity index is 1400. The normalized spacial score (nSPS) is 10.6. The standard InChI is InChI=1S/C27H21FN2O4S/c1-17-11-13-19(14-12-17)25(32)21-7-3-4-8-22(21)26(33)34-15-20-16-35-27(29-20)30(18(2)31)24-10-6-5-9-23(24)28/h3-14,16H,15H2,1-2H3. The van der Waals surface area contributed by atoms with E-state index in [1.54, 1.807) is 41.8 Å². The molecule has 0 aliphatic carbocycles. The first-order valence-corrected chi connectivity index (χ1v) is 11.6. The lowest BCUT2D eigenvalue weighted by molar-refractivity contribution is -0.115. The zero-order chi connectivity index (χ0) is 24.9. The second-order valence-corrected chi connectivity index (χ2v) is 8.58. The van der Waals surface area contributed by atoms with E-state index < -0.39 is 17.7 Å². The SMILES string of the molecule is CC(=O)N(c1nc(COC(=O)c2ccccc2C(=O)c2ccc(C)cc2)cs1)c1ccccc1F. The van der Waals surface area contributed by atoms with E-state index in [2.05, 4.69) is 4.98 Å². The zero-order valence-corrected chi connectivity index (χ0v) is 19.8. The van der Waals surface area contributed by atoms with Crippen LogP contribution in [-0.2, 0) is 16.1 Å². The van der Waals surface area contributed by atoms with Crippen LogP contribution in [0.5, 0.6) is 0 Å². The number of ketones is 1. The maximum absolute atomic E-state index is 14.3. The Morgan fingerprint density at radius 2 is 1.60 bits per heavy atom. The molecule has 0 unspecified atom stereocenters. The quantitative estimate of drug-likeness (QED) is 0.240. The summed E-state index contributed by atoms with van der Waals surface area (Å²) in [7, 11) is 0. The number of benzene rings is 3. The van der Waals surface area contributed by atoms with Crippen molar-refractivity contribution in [1.82, 2.24) is 4.98 Å². The summed E-state index contributed by atoms with van der Waals surface area (Å²) in [5.41, 5.74) is 2.35. The van der Waals surface area contributed by atoms with Gasteiger partial charge in [0.05, 0.1) is 16.9 Å². The van der Waals surface area contributed by atoms with Crippen molar-refractivity contribution in [3.63, 3.8) is 0 Å². The fourth-order valence-corrected chi connectivity index (χ4v) is 4.31. The molecule has 6 nitrogen and oxygen atoms in total. The van der Waals surface area contributed by atoms with Gasteiger partial charge in [0, 0.05) is 23.4 Å². The highest BCUT2D eigenvalue weighted by Gasteiger charge is 2.22. The number of ether oxygens (including phenoxy) is 1. The van der Waals surface area contributed by atoms with Crippen LogP contribution in [0, 0.1) is 12.7 Å². The van der Waals surface area contributed by atoms with Gasteiger partial charge in [-0.2, -0.15) is 0 Å². The number of hydrogen-bond donors (Lipinski definition) is 0. The summed E-state index contributed by atoms with van der Waals surface area (Å²) in [6.45, 7) is 3.07. The van der Waals surface area contributed by atoms with E-state index in [4.69, 9.17) is 4.74 Å². The summed E-state index contributed by atoms with van der Waals surface area (Å²) < 4.78 is 19.7. The van der Waals surface area contributed by atoms with E-state index >= 15 is 0 Å². The third kappa shape index (κ3) is 5.33. The largest absolute Gasteiger partial charge is 0.456 e. The van der Waals surface area contributed by atoms with Crippen LogP contribution in [0.1, 0.15) is 44.5 Å². The molecule has 0 aliphatic rings. The van der Waals surface area contributed by atoms with Crippen LogP contribution < -0.4 is 4.90 Å². The molecule has 35 heavy (non-hydrogen) atoms. The van der Waals surface area contributed by atoms with E-state index in [9.17, 15) is 18.8 Å². The van der Waals surface area contributed by atoms with Gasteiger partial charge in [0.2, 0.25) is 5.91 Å². The Morgan fingerprint density at radius 3 is 2.29 bits per heavy atom. The molecular weight excluding hydrogens is 467 g/mol. The third-order valence-electron chi connectivity index (χ3n) is 5.20. The van der Waals surface area contributed by atoms with Gasteiger partial charge in [0.15, 0.2) is 10.9 Å². The predicted octanol–water partition coefficient (Wildman–Crippen LogP) is 5.86. The molecule has 0 atom stereocenters. The number of carbonyl (C=O) groups excluding carboxylic acids is 3. The molecule has 4 aromatic rings. The number of halogens is 1. The number of para-hydroxylation sites is 1. The number of carbonyl (C=O) groups is 3. The number of anilines is 2. The molecule has 1 aromatic heterocycles. The minimum atomic E-state index is -0.673. The number of rotatable bonds is 7. The molecule has 0 bridgehead atoms. The zero-order valence-electron chi connectivity index (χ0n) is 19.0. The maximum Gasteiger partial charge on any atom is 0.339 e. The van der Waals surface area contributed by atoms with E-state index in [1.807, 2.05) is 19.1 Å². The van der Waals surface area contributed by atoms with Crippen LogP contribution in [0.25, 0.3) is 0 Å². The molecule has 8 heteroatoms. The summed E-state index contributed by atoms with van der Waals surface area (Å²) in [5, 5.41) is 1.88. The summed E-state index contributed by atoms with van der Waals surface area (Å²) in [4.78, 5) is 43.5. The van der Waals surface area contributed by atoms with Crippen LogP contribution in [0.4, 0.5) is 15.2 Å². The van der Waals surface area contributed by atoms with E-state index in [-0.39, 0.29) is 34.3 Å². The Morgan fingerprint density at radius 1 is 0.943 bits per heavy atom. The van der Waals surface area contributed by atoms with Gasteiger partial charge >= 0.3 is 5.97 Å². The van der Waals surface area contributed by atoms with Crippen LogP contribution in [0.15, 0.2) is 78.2 Å². The van der Waals surface area contributed by atoms with Gasteiger partial charge in [-0.05, 0) is 25.1 Å². The smallest absolute Gasteiger partial charge is 0.339 e. The van der Waals surface area contributed by atoms with Gasteiger partial charge < -0.3 is 4.74 Å². The summed E-state index contributed by atoms with van der Waals surface area (Å²) >= 11 is 1.13. The minimum Gasteiger partial charge on any atom is -0.456 e. The Labute approximate surface area is 205 Å². The number of nitrogens with zero attached hydrogens (tertiary/aromatic N) is 2. The van der Waals surface area contributed by atoms with E-state index in [0.717, 1.165) is 16.9 Å². The molecule has 0 aliphatic heterocycles. The number of amides is 1. The molecule has 0 spiro atoms. The van der Waals surface area contributed by atoms with Crippen molar-refractivity contribution >= 4 is 39.8 Å². The predicted molar refractivity (Wildman–Crippen MR) is 132 cm³/mol. The second kappa shape index (κ2) is 10.4. The van der Waals surface area contributed by atoms with Crippen LogP contribution in [0.2, 0.25) is 0 Å². The van der Waals surface area contributed by atoms with Crippen molar-refractivity contribution in [2.45, 2.75) is 20.5 Å². The molecule has 3 aromatic carbocycles. The molecule has 1 amide bonds. The number of esters is 1. The number of thiazole rings is 1. The van der Waals surface area contributed by atoms with Gasteiger partial charge in [-0.1, -0.05) is 60.2 Å². The van der Waals surface area contributed by atoms with Gasteiger partial charge in [0.25, 0.3) is 0 Å². The lowest BCUT2D eigenvalue weighted by Crippen LogP contribution is -2.23. The van der Waals surface area contributed by atoms with Crippen LogP contribution >= 0.6 is 11.3 Å². The van der Waals surface area contributed by atoms with E-state index in [1.165, 1.54) is 36.1 Å². The fourth-order valence-electron chi connectivity index (χ4n) is 3.44. The number of aryl methyl sites for hydroxylation is 1. The first kappa shape index (κ1) is 24.0. The first-order valence-electron chi connectivity index (χ1n) is 10.7. The van der Waals surface area contributed by atoms with Gasteiger partial charge in [-0.25, -0.2) is 14.2 Å². The third-order valence-corrected chi connectivity index (χ3v) is 6.07. The van der Waals surface area contributed by atoms with Crippen molar-refractivity contribution in [2.24, 2.45) is 0 Å². The Balaban J connectivity index is 1.50. The van der Waals surface area contributed by atoms with E-state index in [0.29, 0.717) is 11.3 Å². The van der Waals surface area contributed by atoms with Gasteiger partial charge in [-0.15, -0.1) is 11.3 Å². The molecule has 0 saturated carbocycles. The Hall–Kier alpha value is -4.17. The average molecular weight is 489 g/mol. The molecule has 4 rings (SSSR count). The monoisotopic (exact) mass is 488 g/mol. The lowest BCUT2D eigenvalue weighted by atomic mass is 9.98. The molecule has 0 saturated heterocycles. The highest BCUT2D eigenvalue weighted by molar-refractivity contribution is 7.14. The van der Waals surface area contributed by atoms with Crippen molar-refractivity contribution in [2.75, 3.05) is 4.90 Å². The highest BCUT2D eigenvalue weighted by Crippen LogP contribution is 2.31. The number of aromatic nitrogens is 1. The molecule has 0 radical (unpaired) electrons. The first-order chi connectivity index (χ1) is 16.8. The van der Waals surface area contributed by atoms with Crippen molar-refractivity contribution < 1.29 is 23.5 Å². The molecular formula is C27H21FN2O4S. The van der Waals surface area contributed by atoms with Crippen LogP contribution in [-0.4, -0.2) is 22.6 Å². The number of hydrogen-bond acceptors (Lipinski definition) is 6. The Kier molecular flexibility index (Phi) is 7.12. The summed E-state index contributed by atoms with van der Waals surface area (Å²) in [5.74, 6) is -1.92. The molecule has 176 valence electrons. The van der Waals surface area contributed by atoms with Gasteiger partial charge in [0.1, 0.15) is 12.4 Å². The maximum atomic E-state index is 14.3. The van der Waals surface area contributed by atoms with Crippen molar-refractivity contribution in [1.29, 1.82) is 0 Å². The van der Waals surface area contributed by atoms with Gasteiger partial charge in [-0.3, -0.25) is 14.5 Å². The molecule has 0 N–H and O–H groups in total. The summed E-state index contributed by atoms with van der Waals surface area (Å²) in [6, 6.07) is 19.5. The van der Waals surface area contributed by atoms with Crippen LogP contribution in [0.3, 0.4) is 0 Å². The topological polar surface area (TPSA) is 76.6 Å². The summed E-state index contributed by atoms with van der Waals surface area (Å²) in [6.07, 6.45) is 0. The second-order valence-electron chi connectivity index (χ2n) is 7.74. The van der Waals surface area contributed by atoms with Crippen molar-refractivity contribution in [3.05, 3.63) is 112 Å². The lowest BCUT2D eigenvalue weighted by Gasteiger charge is -2.18. The molecule has 0 fully saturated rings. The molecule has 1 heterocycles. The average Bonchev–Trinajstić information content (AvgIpc) is 3.32. The highest BCUT2D eigenvalue weighted by atomic mass is 32.1. The van der Waals surface area contributed by atoms with Crippen molar-refractivity contribution in [3.8, 4) is 0 Å².